The minimum Gasteiger partial charge on any atom is -0.337 e. The van der Waals surface area contributed by atoms with Crippen molar-refractivity contribution < 1.29 is 4.79 Å². The van der Waals surface area contributed by atoms with Gasteiger partial charge in [-0.1, -0.05) is 106 Å². The molecule has 0 N–H and O–H groups in total. The summed E-state index contributed by atoms with van der Waals surface area (Å²) in [4.78, 5) is 16.8. The molecule has 0 amide bonds. The Kier molecular flexibility index (Phi) is 6.57. The van der Waals surface area contributed by atoms with E-state index in [2.05, 4.69) is 159 Å². The zero-order chi connectivity index (χ0) is 32.8. The van der Waals surface area contributed by atoms with E-state index in [1.165, 1.54) is 44.8 Å². The Morgan fingerprint density at radius 1 is 0.875 bits per heavy atom. The highest BCUT2D eigenvalue weighted by Crippen LogP contribution is 2.62. The molecule has 0 bridgehead atoms. The standard InChI is InChI=1S/C45H44N2O/c1-29-12-11-16-37-36-14-5-7-17-40(36)46(42(29)37)34-24-25-35(30(2)28-34)43(48)31-19-22-33(23-20-31)47-41-18-8-6-15-38(41)39-26-21-32-13-9-10-27-44(32,3)45(39,47)4/h5-7,9-11,13-17,19-27,29-30,32,39H,8,12,18,28H2,1-4H3. The zero-order valence-electron chi connectivity index (χ0n) is 28.5. The van der Waals surface area contributed by atoms with Gasteiger partial charge in [0.25, 0.3) is 0 Å². The highest BCUT2D eigenvalue weighted by Gasteiger charge is 2.61. The van der Waals surface area contributed by atoms with Crippen LogP contribution in [0.4, 0.5) is 5.69 Å². The summed E-state index contributed by atoms with van der Waals surface area (Å²) in [5, 5.41) is 1.31. The van der Waals surface area contributed by atoms with Crippen molar-refractivity contribution in [3.8, 4) is 0 Å². The van der Waals surface area contributed by atoms with Crippen molar-refractivity contribution in [1.82, 2.24) is 4.57 Å². The largest absolute Gasteiger partial charge is 0.337 e. The number of anilines is 1. The van der Waals surface area contributed by atoms with Crippen molar-refractivity contribution in [2.75, 3.05) is 4.90 Å². The highest BCUT2D eigenvalue weighted by molar-refractivity contribution is 6.10. The number of nitrogens with zero attached hydrogens (tertiary/aromatic N) is 2. The van der Waals surface area contributed by atoms with Gasteiger partial charge in [-0.3, -0.25) is 4.79 Å². The highest BCUT2D eigenvalue weighted by atomic mass is 16.1. The lowest BCUT2D eigenvalue weighted by atomic mass is 9.54. The third kappa shape index (κ3) is 3.97. The molecule has 5 aliphatic carbocycles. The Morgan fingerprint density at radius 3 is 2.54 bits per heavy atom. The Balaban J connectivity index is 1.06. The van der Waals surface area contributed by atoms with E-state index in [1.54, 1.807) is 0 Å². The Morgan fingerprint density at radius 2 is 1.71 bits per heavy atom. The number of aromatic nitrogens is 1. The van der Waals surface area contributed by atoms with Crippen LogP contribution in [-0.4, -0.2) is 15.9 Å². The van der Waals surface area contributed by atoms with Crippen LogP contribution < -0.4 is 4.90 Å². The lowest BCUT2D eigenvalue weighted by Gasteiger charge is -2.57. The lowest BCUT2D eigenvalue weighted by molar-refractivity contribution is 0.102. The topological polar surface area (TPSA) is 25.2 Å². The van der Waals surface area contributed by atoms with Crippen LogP contribution in [0.15, 0.2) is 132 Å². The van der Waals surface area contributed by atoms with Gasteiger partial charge < -0.3 is 9.47 Å². The molecule has 6 atom stereocenters. The monoisotopic (exact) mass is 628 g/mol. The van der Waals surface area contributed by atoms with Crippen molar-refractivity contribution in [3.63, 3.8) is 0 Å². The summed E-state index contributed by atoms with van der Waals surface area (Å²) in [7, 11) is 0. The SMILES string of the molecule is CC1CC(n2c3c(c4ccccc42)C=CCC3C)=CC=C1C(=O)c1ccc(N2C3=C(C=CCC3)C3C=CC4C=CC=CC4(C)C32C)cc1. The molecule has 2 aromatic carbocycles. The molecule has 6 aliphatic rings. The first-order valence-corrected chi connectivity index (χ1v) is 17.9. The molecule has 0 saturated carbocycles. The molecule has 0 saturated heterocycles. The van der Waals surface area contributed by atoms with Gasteiger partial charge >= 0.3 is 0 Å². The second-order valence-electron chi connectivity index (χ2n) is 15.2. The molecule has 2 heterocycles. The van der Waals surface area contributed by atoms with E-state index in [9.17, 15) is 4.79 Å². The van der Waals surface area contributed by atoms with Crippen molar-refractivity contribution in [2.24, 2.45) is 23.2 Å². The van der Waals surface area contributed by atoms with Gasteiger partial charge in [0, 0.05) is 68.0 Å². The van der Waals surface area contributed by atoms with E-state index in [4.69, 9.17) is 0 Å². The van der Waals surface area contributed by atoms with Crippen LogP contribution in [-0.2, 0) is 0 Å². The van der Waals surface area contributed by atoms with Crippen molar-refractivity contribution >= 4 is 34.1 Å². The number of fused-ring (bicyclic) bond motifs is 7. The quantitative estimate of drug-likeness (QED) is 0.212. The Bertz CT molecular complexity index is 2120. The van der Waals surface area contributed by atoms with Gasteiger partial charge in [0.15, 0.2) is 5.78 Å². The molecule has 48 heavy (non-hydrogen) atoms. The van der Waals surface area contributed by atoms with Gasteiger partial charge in [0.2, 0.25) is 0 Å². The summed E-state index contributed by atoms with van der Waals surface area (Å²) in [5.74, 6) is 1.38. The summed E-state index contributed by atoms with van der Waals surface area (Å²) in [6.07, 6.45) is 31.7. The molecule has 3 nitrogen and oxygen atoms in total. The van der Waals surface area contributed by atoms with Gasteiger partial charge in [-0.15, -0.1) is 0 Å². The minimum absolute atomic E-state index is 0.0639. The van der Waals surface area contributed by atoms with Gasteiger partial charge in [0.1, 0.15) is 0 Å². The maximum absolute atomic E-state index is 14.1. The van der Waals surface area contributed by atoms with Crippen LogP contribution in [0.2, 0.25) is 0 Å². The first-order chi connectivity index (χ1) is 23.3. The number of Topliss-reactive ketones (excluding diaryl/α,β-unsaturated/α-hetero) is 1. The molecular formula is C45H44N2O. The number of ketones is 1. The molecule has 1 aliphatic heterocycles. The van der Waals surface area contributed by atoms with E-state index < -0.39 is 0 Å². The van der Waals surface area contributed by atoms with Gasteiger partial charge in [0.05, 0.1) is 11.1 Å². The first-order valence-electron chi connectivity index (χ1n) is 17.9. The Hall–Kier alpha value is -4.63. The van der Waals surface area contributed by atoms with E-state index >= 15 is 0 Å². The number of para-hydroxylation sites is 1. The molecule has 1 aromatic heterocycles. The fourth-order valence-corrected chi connectivity index (χ4v) is 9.95. The number of hydrogen-bond donors (Lipinski definition) is 0. The third-order valence-electron chi connectivity index (χ3n) is 12.7. The predicted octanol–water partition coefficient (Wildman–Crippen LogP) is 11.0. The maximum Gasteiger partial charge on any atom is 0.189 e. The number of allylic oxidation sites excluding steroid dienone is 12. The summed E-state index contributed by atoms with van der Waals surface area (Å²) in [6.45, 7) is 9.44. The summed E-state index contributed by atoms with van der Waals surface area (Å²) in [6, 6.07) is 17.3. The number of rotatable bonds is 4. The molecule has 0 spiro atoms. The van der Waals surface area contributed by atoms with Crippen LogP contribution in [0.1, 0.15) is 80.9 Å². The van der Waals surface area contributed by atoms with Crippen LogP contribution in [0.25, 0.3) is 22.7 Å². The summed E-state index contributed by atoms with van der Waals surface area (Å²) >= 11 is 0. The molecule has 0 fully saturated rings. The van der Waals surface area contributed by atoms with Crippen LogP contribution >= 0.6 is 0 Å². The smallest absolute Gasteiger partial charge is 0.189 e. The lowest BCUT2D eigenvalue weighted by Crippen LogP contribution is -2.61. The number of carbonyl (C=O) groups is 1. The van der Waals surface area contributed by atoms with Crippen LogP contribution in [0, 0.1) is 23.2 Å². The molecule has 240 valence electrons. The predicted molar refractivity (Wildman–Crippen MR) is 200 cm³/mol. The van der Waals surface area contributed by atoms with Crippen molar-refractivity contribution in [1.29, 1.82) is 0 Å². The average Bonchev–Trinajstić information content (AvgIpc) is 3.59. The summed E-state index contributed by atoms with van der Waals surface area (Å²) in [5.41, 5.74) is 10.8. The molecule has 3 aromatic rings. The Labute approximate surface area is 284 Å². The second kappa shape index (κ2) is 10.7. The van der Waals surface area contributed by atoms with Crippen LogP contribution in [0.3, 0.4) is 0 Å². The zero-order valence-corrected chi connectivity index (χ0v) is 28.5. The van der Waals surface area contributed by atoms with E-state index in [1.807, 2.05) is 0 Å². The van der Waals surface area contributed by atoms with E-state index in [0.717, 1.165) is 36.8 Å². The number of carbonyl (C=O) groups excluding carboxylic acids is 1. The first kappa shape index (κ1) is 29.5. The maximum atomic E-state index is 14.1. The van der Waals surface area contributed by atoms with E-state index in [0.29, 0.717) is 17.8 Å². The fraction of sp³-hybridized carbons (Fsp3) is 0.311. The van der Waals surface area contributed by atoms with Crippen molar-refractivity contribution in [3.05, 3.63) is 149 Å². The van der Waals surface area contributed by atoms with E-state index in [-0.39, 0.29) is 22.7 Å². The minimum atomic E-state index is -0.157. The fourth-order valence-electron chi connectivity index (χ4n) is 9.95. The molecular weight excluding hydrogens is 585 g/mol. The van der Waals surface area contributed by atoms with Gasteiger partial charge in [-0.2, -0.15) is 0 Å². The number of hydrogen-bond acceptors (Lipinski definition) is 2. The summed E-state index contributed by atoms with van der Waals surface area (Å²) < 4.78 is 2.48. The van der Waals surface area contributed by atoms with Crippen LogP contribution in [0.5, 0.6) is 0 Å². The average molecular weight is 629 g/mol. The normalized spacial score (nSPS) is 31.4. The molecule has 0 radical (unpaired) electrons. The van der Waals surface area contributed by atoms with Crippen molar-refractivity contribution in [2.45, 2.75) is 64.8 Å². The number of benzene rings is 2. The third-order valence-corrected chi connectivity index (χ3v) is 12.7. The second-order valence-corrected chi connectivity index (χ2v) is 15.2. The molecule has 3 heteroatoms. The van der Waals surface area contributed by atoms with Gasteiger partial charge in [-0.25, -0.2) is 0 Å². The van der Waals surface area contributed by atoms with Gasteiger partial charge in [-0.05, 0) is 80.5 Å². The molecule has 9 rings (SSSR count). The molecule has 6 unspecified atom stereocenters.